The molecule has 0 aliphatic carbocycles. The van der Waals surface area contributed by atoms with Gasteiger partial charge in [-0.25, -0.2) is 4.98 Å². The lowest BCUT2D eigenvalue weighted by atomic mass is 10.1. The molecule has 0 N–H and O–H groups in total. The predicted octanol–water partition coefficient (Wildman–Crippen LogP) is 2.18. The van der Waals surface area contributed by atoms with Gasteiger partial charge in [-0.3, -0.25) is 0 Å². The van der Waals surface area contributed by atoms with Gasteiger partial charge in [0.25, 0.3) is 0 Å². The van der Waals surface area contributed by atoms with Gasteiger partial charge in [0.15, 0.2) is 0 Å². The molecule has 19 heavy (non-hydrogen) atoms. The van der Waals surface area contributed by atoms with Crippen molar-refractivity contribution in [1.29, 1.82) is 5.26 Å². The zero-order valence-electron chi connectivity index (χ0n) is 12.1. The molecule has 4 heteroatoms. The van der Waals surface area contributed by atoms with Crippen molar-refractivity contribution in [3.05, 3.63) is 23.4 Å². The summed E-state index contributed by atoms with van der Waals surface area (Å²) in [5.41, 5.74) is 1.66. The average Bonchev–Trinajstić information content (AvgIpc) is 2.60. The maximum Gasteiger partial charge on any atom is 0.147 e. The van der Waals surface area contributed by atoms with Gasteiger partial charge in [-0.05, 0) is 45.5 Å². The Bertz CT molecular complexity index is 478. The van der Waals surface area contributed by atoms with Crippen LogP contribution < -0.4 is 4.90 Å². The molecule has 2 rings (SSSR count). The van der Waals surface area contributed by atoms with E-state index in [4.69, 9.17) is 0 Å². The number of hydrogen-bond acceptors (Lipinski definition) is 4. The summed E-state index contributed by atoms with van der Waals surface area (Å²) in [4.78, 5) is 9.32. The maximum atomic E-state index is 9.29. The van der Waals surface area contributed by atoms with Gasteiger partial charge in [0.1, 0.15) is 11.9 Å². The zero-order valence-corrected chi connectivity index (χ0v) is 12.1. The fourth-order valence-corrected chi connectivity index (χ4v) is 2.72. The van der Waals surface area contributed by atoms with Crippen molar-refractivity contribution in [2.24, 2.45) is 0 Å². The largest absolute Gasteiger partial charge is 0.351 e. The van der Waals surface area contributed by atoms with E-state index >= 15 is 0 Å². The van der Waals surface area contributed by atoms with E-state index in [2.05, 4.69) is 34.8 Å². The number of nitrogens with zero attached hydrogens (tertiary/aromatic N) is 4. The Morgan fingerprint density at radius 3 is 2.89 bits per heavy atom. The summed E-state index contributed by atoms with van der Waals surface area (Å²) in [5, 5.41) is 9.29. The third-order valence-corrected chi connectivity index (χ3v) is 3.78. The summed E-state index contributed by atoms with van der Waals surface area (Å²) in [5.74, 6) is 0.865. The molecular weight excluding hydrogens is 236 g/mol. The topological polar surface area (TPSA) is 43.2 Å². The lowest BCUT2D eigenvalue weighted by Crippen LogP contribution is -2.40. The molecule has 0 radical (unpaired) electrons. The molecule has 1 saturated heterocycles. The lowest BCUT2D eigenvalue weighted by molar-refractivity contribution is 0.327. The van der Waals surface area contributed by atoms with Gasteiger partial charge in [0, 0.05) is 24.8 Å². The highest BCUT2D eigenvalue weighted by Crippen LogP contribution is 2.23. The summed E-state index contributed by atoms with van der Waals surface area (Å²) in [6, 6.07) is 6.51. The van der Waals surface area contributed by atoms with Crippen molar-refractivity contribution in [3.63, 3.8) is 0 Å². The minimum absolute atomic E-state index is 0.439. The van der Waals surface area contributed by atoms with Crippen LogP contribution in [0, 0.1) is 18.3 Å². The Balaban J connectivity index is 2.37. The second-order valence-electron chi connectivity index (χ2n) is 5.31. The van der Waals surface area contributed by atoms with E-state index in [-0.39, 0.29) is 0 Å². The molecule has 102 valence electrons. The summed E-state index contributed by atoms with van der Waals surface area (Å²) in [6.07, 6.45) is 2.19. The highest BCUT2D eigenvalue weighted by atomic mass is 15.3. The second-order valence-corrected chi connectivity index (χ2v) is 5.31. The van der Waals surface area contributed by atoms with Crippen LogP contribution in [-0.2, 0) is 0 Å². The molecule has 1 unspecified atom stereocenters. The number of likely N-dealkylation sites (N-methyl/N-ethyl adjacent to an activating group) is 1. The first-order valence-electron chi connectivity index (χ1n) is 6.98. The van der Waals surface area contributed by atoms with Crippen molar-refractivity contribution in [3.8, 4) is 6.07 Å². The van der Waals surface area contributed by atoms with E-state index in [9.17, 15) is 5.26 Å². The number of aryl methyl sites for hydroxylation is 1. The highest BCUT2D eigenvalue weighted by Gasteiger charge is 2.25. The van der Waals surface area contributed by atoms with Crippen LogP contribution >= 0.6 is 0 Å². The lowest BCUT2D eigenvalue weighted by Gasteiger charge is -2.32. The first-order chi connectivity index (χ1) is 9.15. The van der Waals surface area contributed by atoms with E-state index in [0.717, 1.165) is 44.0 Å². The average molecular weight is 258 g/mol. The molecule has 0 spiro atoms. The van der Waals surface area contributed by atoms with Crippen LogP contribution in [0.3, 0.4) is 0 Å². The third-order valence-electron chi connectivity index (χ3n) is 3.78. The zero-order chi connectivity index (χ0) is 13.8. The smallest absolute Gasteiger partial charge is 0.147 e. The van der Waals surface area contributed by atoms with Gasteiger partial charge in [-0.15, -0.1) is 0 Å². The van der Waals surface area contributed by atoms with Crippen LogP contribution in [0.5, 0.6) is 0 Å². The summed E-state index contributed by atoms with van der Waals surface area (Å²) >= 11 is 0. The van der Waals surface area contributed by atoms with E-state index in [0.29, 0.717) is 11.6 Å². The molecule has 1 atom stereocenters. The Morgan fingerprint density at radius 2 is 2.21 bits per heavy atom. The monoisotopic (exact) mass is 258 g/mol. The van der Waals surface area contributed by atoms with Crippen molar-refractivity contribution in [2.75, 3.05) is 31.6 Å². The van der Waals surface area contributed by atoms with Gasteiger partial charge < -0.3 is 9.80 Å². The molecular formula is C15H22N4. The van der Waals surface area contributed by atoms with E-state index in [1.165, 1.54) is 0 Å². The van der Waals surface area contributed by atoms with Crippen LogP contribution in [0.2, 0.25) is 0 Å². The van der Waals surface area contributed by atoms with Crippen molar-refractivity contribution in [1.82, 2.24) is 9.88 Å². The predicted molar refractivity (Wildman–Crippen MR) is 77.2 cm³/mol. The van der Waals surface area contributed by atoms with Gasteiger partial charge >= 0.3 is 0 Å². The number of rotatable bonds is 2. The molecule has 0 aromatic carbocycles. The molecule has 4 nitrogen and oxygen atoms in total. The highest BCUT2D eigenvalue weighted by molar-refractivity contribution is 5.55. The SMILES string of the molecule is CCC1CN(C)CCCN1c1nc(C)ccc1C#N. The molecule has 1 aromatic heterocycles. The van der Waals surface area contributed by atoms with Crippen molar-refractivity contribution in [2.45, 2.75) is 32.7 Å². The van der Waals surface area contributed by atoms with E-state index < -0.39 is 0 Å². The third kappa shape index (κ3) is 3.05. The Morgan fingerprint density at radius 1 is 1.42 bits per heavy atom. The molecule has 1 fully saturated rings. The molecule has 1 aliphatic heterocycles. The van der Waals surface area contributed by atoms with Gasteiger partial charge in [-0.2, -0.15) is 5.26 Å². The summed E-state index contributed by atoms with van der Waals surface area (Å²) in [6.45, 7) is 7.32. The van der Waals surface area contributed by atoms with Gasteiger partial charge in [-0.1, -0.05) is 6.92 Å². The van der Waals surface area contributed by atoms with Crippen LogP contribution in [0.1, 0.15) is 31.0 Å². The number of nitriles is 1. The van der Waals surface area contributed by atoms with Crippen LogP contribution in [0.4, 0.5) is 5.82 Å². The molecule has 1 aliphatic rings. The number of anilines is 1. The van der Waals surface area contributed by atoms with Crippen LogP contribution in [0.25, 0.3) is 0 Å². The van der Waals surface area contributed by atoms with E-state index in [1.54, 1.807) is 0 Å². The number of hydrogen-bond donors (Lipinski definition) is 0. The first kappa shape index (κ1) is 13.8. The minimum atomic E-state index is 0.439. The van der Waals surface area contributed by atoms with Crippen molar-refractivity contribution < 1.29 is 0 Å². The van der Waals surface area contributed by atoms with Crippen molar-refractivity contribution >= 4 is 5.82 Å². The minimum Gasteiger partial charge on any atom is -0.351 e. The van der Waals surface area contributed by atoms with Crippen LogP contribution in [0.15, 0.2) is 12.1 Å². The molecule has 2 heterocycles. The summed E-state index contributed by atoms with van der Waals surface area (Å²) in [7, 11) is 2.17. The number of pyridine rings is 1. The second kappa shape index (κ2) is 6.03. The Hall–Kier alpha value is -1.60. The first-order valence-corrected chi connectivity index (χ1v) is 6.98. The molecule has 0 amide bonds. The molecule has 1 aromatic rings. The molecule has 0 bridgehead atoms. The molecule has 0 saturated carbocycles. The van der Waals surface area contributed by atoms with E-state index in [1.807, 2.05) is 19.1 Å². The fraction of sp³-hybridized carbons (Fsp3) is 0.600. The number of aromatic nitrogens is 1. The van der Waals surface area contributed by atoms with Gasteiger partial charge in [0.05, 0.1) is 5.56 Å². The fourth-order valence-electron chi connectivity index (χ4n) is 2.72. The maximum absolute atomic E-state index is 9.29. The Kier molecular flexibility index (Phi) is 4.39. The standard InChI is InChI=1S/C15H22N4/c1-4-14-11-18(3)8-5-9-19(14)15-13(10-16)7-6-12(2)17-15/h6-7,14H,4-5,8-9,11H2,1-3H3. The van der Waals surface area contributed by atoms with Crippen LogP contribution in [-0.4, -0.2) is 42.6 Å². The quantitative estimate of drug-likeness (QED) is 0.815. The summed E-state index contributed by atoms with van der Waals surface area (Å²) < 4.78 is 0. The Labute approximate surface area is 115 Å². The van der Waals surface area contributed by atoms with Gasteiger partial charge in [0.2, 0.25) is 0 Å². The normalized spacial score (nSPS) is 20.9.